The van der Waals surface area contributed by atoms with Gasteiger partial charge in [0, 0.05) is 36.6 Å². The number of anilines is 1. The Morgan fingerprint density at radius 2 is 1.84 bits per heavy atom. The summed E-state index contributed by atoms with van der Waals surface area (Å²) in [5.41, 5.74) is 1.31. The lowest BCUT2D eigenvalue weighted by molar-refractivity contribution is -0.155. The van der Waals surface area contributed by atoms with E-state index in [2.05, 4.69) is 5.23 Å². The Morgan fingerprint density at radius 1 is 1.23 bits per heavy atom. The normalized spacial score (nSPS) is 12.3. The summed E-state index contributed by atoms with van der Waals surface area (Å²) in [5, 5.41) is 12.8. The first kappa shape index (κ1) is 27.6. The maximum absolute atomic E-state index is 12.4. The average Bonchev–Trinajstić information content (AvgIpc) is 2.65. The molecule has 31 heavy (non-hydrogen) atoms. The Kier molecular flexibility index (Phi) is 11.7. The molecule has 0 aromatic heterocycles. The predicted octanol–water partition coefficient (Wildman–Crippen LogP) is 3.10. The number of carbonyl (C=O) groups excluding carboxylic acids is 2. The molecule has 0 radical (unpaired) electrons. The van der Waals surface area contributed by atoms with Crippen molar-refractivity contribution in [1.29, 1.82) is 0 Å². The predicted molar refractivity (Wildman–Crippen MR) is 126 cm³/mol. The van der Waals surface area contributed by atoms with Gasteiger partial charge in [0.1, 0.15) is 5.60 Å². The molecule has 174 valence electrons. The SMILES string of the molecule is COC(=O)c1ccc(N(CCCl)CCCl)cc1C[C@@H](CC(=O)OC(C)(C)C)NB(C)O. The lowest BCUT2D eigenvalue weighted by Gasteiger charge is -2.26. The minimum atomic E-state index is -0.846. The number of carbonyl (C=O) groups is 2. The molecule has 0 fully saturated rings. The van der Waals surface area contributed by atoms with E-state index < -0.39 is 30.6 Å². The first-order valence-corrected chi connectivity index (χ1v) is 11.3. The summed E-state index contributed by atoms with van der Waals surface area (Å²) in [7, 11) is 0.473. The van der Waals surface area contributed by atoms with Crippen molar-refractivity contribution in [3.05, 3.63) is 29.3 Å². The molecular formula is C21H33BCl2N2O5. The molecule has 1 atom stereocenters. The summed E-state index contributed by atoms with van der Waals surface area (Å²) in [5.74, 6) is -0.0192. The first-order chi connectivity index (χ1) is 14.5. The third-order valence-corrected chi connectivity index (χ3v) is 4.68. The minimum absolute atomic E-state index is 0.0279. The summed E-state index contributed by atoms with van der Waals surface area (Å²) in [6, 6.07) is 4.93. The highest BCUT2D eigenvalue weighted by atomic mass is 35.5. The Bertz CT molecular complexity index is 722. The summed E-state index contributed by atoms with van der Waals surface area (Å²) in [4.78, 5) is 26.8. The maximum Gasteiger partial charge on any atom is 0.373 e. The summed E-state index contributed by atoms with van der Waals surface area (Å²) in [6.45, 7) is 8.15. The zero-order valence-electron chi connectivity index (χ0n) is 18.9. The van der Waals surface area contributed by atoms with Gasteiger partial charge in [-0.2, -0.15) is 0 Å². The van der Waals surface area contributed by atoms with Crippen molar-refractivity contribution in [3.63, 3.8) is 0 Å². The number of methoxy groups -OCH3 is 1. The van der Waals surface area contributed by atoms with Crippen LogP contribution in [0.25, 0.3) is 0 Å². The van der Waals surface area contributed by atoms with Crippen molar-refractivity contribution in [2.24, 2.45) is 0 Å². The van der Waals surface area contributed by atoms with Crippen molar-refractivity contribution < 1.29 is 24.1 Å². The number of alkyl halides is 2. The van der Waals surface area contributed by atoms with Crippen molar-refractivity contribution >= 4 is 47.9 Å². The fourth-order valence-electron chi connectivity index (χ4n) is 3.21. The van der Waals surface area contributed by atoms with Gasteiger partial charge in [0.2, 0.25) is 0 Å². The number of halogens is 2. The monoisotopic (exact) mass is 474 g/mol. The van der Waals surface area contributed by atoms with Crippen LogP contribution in [-0.2, 0) is 20.7 Å². The van der Waals surface area contributed by atoms with Gasteiger partial charge >= 0.3 is 19.0 Å². The van der Waals surface area contributed by atoms with Crippen LogP contribution in [0.3, 0.4) is 0 Å². The number of hydrogen-bond donors (Lipinski definition) is 2. The number of nitrogens with zero attached hydrogens (tertiary/aromatic N) is 1. The number of rotatable bonds is 12. The van der Waals surface area contributed by atoms with Crippen LogP contribution in [-0.4, -0.2) is 67.6 Å². The molecule has 1 aromatic carbocycles. The van der Waals surface area contributed by atoms with Gasteiger partial charge in [-0.1, -0.05) is 0 Å². The molecule has 0 spiro atoms. The number of ether oxygens (including phenoxy) is 2. The molecule has 0 amide bonds. The smallest absolute Gasteiger partial charge is 0.373 e. The summed E-state index contributed by atoms with van der Waals surface area (Å²) < 4.78 is 10.3. The number of hydrogen-bond acceptors (Lipinski definition) is 7. The lowest BCUT2D eigenvalue weighted by Crippen LogP contribution is -2.43. The van der Waals surface area contributed by atoms with Crippen LogP contribution in [0, 0.1) is 0 Å². The van der Waals surface area contributed by atoms with Crippen molar-refractivity contribution in [2.45, 2.75) is 52.1 Å². The minimum Gasteiger partial charge on any atom is -0.465 e. The zero-order chi connectivity index (χ0) is 23.6. The third-order valence-electron chi connectivity index (χ3n) is 4.34. The van der Waals surface area contributed by atoms with Crippen LogP contribution >= 0.6 is 23.2 Å². The van der Waals surface area contributed by atoms with Gasteiger partial charge < -0.3 is 24.6 Å². The molecular weight excluding hydrogens is 442 g/mol. The maximum atomic E-state index is 12.4. The van der Waals surface area contributed by atoms with Gasteiger partial charge in [0.05, 0.1) is 19.1 Å². The molecule has 10 heteroatoms. The second-order valence-corrected chi connectivity index (χ2v) is 8.99. The molecule has 1 rings (SSSR count). The molecule has 0 saturated carbocycles. The number of benzene rings is 1. The Balaban J connectivity index is 3.25. The lowest BCUT2D eigenvalue weighted by atomic mass is 9.85. The number of nitrogens with one attached hydrogen (secondary N) is 1. The molecule has 2 N–H and O–H groups in total. The molecule has 1 aromatic rings. The van der Waals surface area contributed by atoms with E-state index in [4.69, 9.17) is 32.7 Å². The second-order valence-electron chi connectivity index (χ2n) is 8.23. The Hall–Kier alpha value is -1.48. The van der Waals surface area contributed by atoms with E-state index in [0.29, 0.717) is 42.4 Å². The van der Waals surface area contributed by atoms with Crippen LogP contribution in [0.15, 0.2) is 18.2 Å². The van der Waals surface area contributed by atoms with E-state index >= 15 is 0 Å². The summed E-state index contributed by atoms with van der Waals surface area (Å²) >= 11 is 11.9. The molecule has 0 aliphatic rings. The fourth-order valence-corrected chi connectivity index (χ4v) is 3.62. The standard InChI is InChI=1S/C21H33BCl2N2O5/c1-21(2,3)31-19(27)14-16(25-22(4)29)12-15-13-17(26(10-8-23)11-9-24)6-7-18(15)20(28)30-5/h6-7,13,16,25,29H,8-12,14H2,1-5H3/t16-/m0/s1. The summed E-state index contributed by atoms with van der Waals surface area (Å²) in [6.07, 6.45) is 0.331. The van der Waals surface area contributed by atoms with E-state index in [0.717, 1.165) is 5.69 Å². The molecule has 0 aliphatic carbocycles. The van der Waals surface area contributed by atoms with Crippen molar-refractivity contribution in [3.8, 4) is 0 Å². The van der Waals surface area contributed by atoms with Gasteiger partial charge in [-0.3, -0.25) is 4.79 Å². The average molecular weight is 475 g/mol. The van der Waals surface area contributed by atoms with Crippen LogP contribution < -0.4 is 10.1 Å². The molecule has 0 aliphatic heterocycles. The largest absolute Gasteiger partial charge is 0.465 e. The van der Waals surface area contributed by atoms with Crippen LogP contribution in [0.5, 0.6) is 0 Å². The van der Waals surface area contributed by atoms with E-state index in [1.54, 1.807) is 33.7 Å². The van der Waals surface area contributed by atoms with E-state index in [9.17, 15) is 14.6 Å². The van der Waals surface area contributed by atoms with Gasteiger partial charge in [-0.25, -0.2) is 4.79 Å². The van der Waals surface area contributed by atoms with Gasteiger partial charge in [-0.05, 0) is 57.8 Å². The first-order valence-electron chi connectivity index (χ1n) is 10.2. The highest BCUT2D eigenvalue weighted by Crippen LogP contribution is 2.23. The molecule has 0 unspecified atom stereocenters. The van der Waals surface area contributed by atoms with Crippen LogP contribution in [0.4, 0.5) is 5.69 Å². The quantitative estimate of drug-likeness (QED) is 0.273. The molecule has 7 nitrogen and oxygen atoms in total. The van der Waals surface area contributed by atoms with Gasteiger partial charge in [-0.15, -0.1) is 23.2 Å². The highest BCUT2D eigenvalue weighted by molar-refractivity contribution is 6.45. The van der Waals surface area contributed by atoms with Crippen molar-refractivity contribution in [2.75, 3.05) is 36.9 Å². The third kappa shape index (κ3) is 10.1. The molecule has 0 saturated heterocycles. The second kappa shape index (κ2) is 13.2. The van der Waals surface area contributed by atoms with Gasteiger partial charge in [0.25, 0.3) is 0 Å². The van der Waals surface area contributed by atoms with E-state index in [1.165, 1.54) is 7.11 Å². The fraction of sp³-hybridized carbons (Fsp3) is 0.619. The Labute approximate surface area is 195 Å². The molecule has 0 heterocycles. The highest BCUT2D eigenvalue weighted by Gasteiger charge is 2.25. The molecule has 0 bridgehead atoms. The van der Waals surface area contributed by atoms with E-state index in [1.807, 2.05) is 17.0 Å². The van der Waals surface area contributed by atoms with E-state index in [-0.39, 0.29) is 6.42 Å². The zero-order valence-corrected chi connectivity index (χ0v) is 20.4. The van der Waals surface area contributed by atoms with Crippen molar-refractivity contribution in [1.82, 2.24) is 5.23 Å². The van der Waals surface area contributed by atoms with Crippen LogP contribution in [0.2, 0.25) is 6.82 Å². The Morgan fingerprint density at radius 3 is 2.32 bits per heavy atom. The number of esters is 2. The van der Waals surface area contributed by atoms with Crippen LogP contribution in [0.1, 0.15) is 43.1 Å². The van der Waals surface area contributed by atoms with Gasteiger partial charge in [0.15, 0.2) is 0 Å². The topological polar surface area (TPSA) is 88.1 Å².